The fourth-order valence-corrected chi connectivity index (χ4v) is 2.80. The van der Waals surface area contributed by atoms with Crippen LogP contribution in [0.5, 0.6) is 0 Å². The second kappa shape index (κ2) is 6.19. The Balaban J connectivity index is 2.00. The molecule has 2 rings (SSSR count). The van der Waals surface area contributed by atoms with Gasteiger partial charge < -0.3 is 5.73 Å². The minimum atomic E-state index is -0.209. The van der Waals surface area contributed by atoms with Crippen molar-refractivity contribution in [1.82, 2.24) is 4.90 Å². The van der Waals surface area contributed by atoms with Crippen LogP contribution in [-0.4, -0.2) is 23.0 Å². The van der Waals surface area contributed by atoms with E-state index in [1.54, 1.807) is 12.1 Å². The van der Waals surface area contributed by atoms with E-state index in [0.717, 1.165) is 18.7 Å². The quantitative estimate of drug-likeness (QED) is 0.862. The molecule has 1 fully saturated rings. The van der Waals surface area contributed by atoms with E-state index in [2.05, 4.69) is 18.7 Å². The lowest BCUT2D eigenvalue weighted by Crippen LogP contribution is -2.38. The van der Waals surface area contributed by atoms with Gasteiger partial charge in [-0.05, 0) is 37.4 Å². The molecule has 1 heterocycles. The van der Waals surface area contributed by atoms with Crippen molar-refractivity contribution >= 4 is 17.2 Å². The maximum absolute atomic E-state index is 14.0. The molecule has 0 radical (unpaired) electrons. The predicted molar refractivity (Wildman–Crippen MR) is 85.2 cm³/mol. The Bertz CT molecular complexity index is 493. The summed E-state index contributed by atoms with van der Waals surface area (Å²) in [4.78, 5) is 2.57. The number of rotatable bonds is 4. The van der Waals surface area contributed by atoms with Crippen molar-refractivity contribution in [2.75, 3.05) is 13.1 Å². The third kappa shape index (κ3) is 3.55. The van der Waals surface area contributed by atoms with E-state index < -0.39 is 0 Å². The molecule has 0 aliphatic carbocycles. The summed E-state index contributed by atoms with van der Waals surface area (Å²) in [7, 11) is 0. The molecule has 1 aliphatic rings. The van der Waals surface area contributed by atoms with Crippen LogP contribution in [0.1, 0.15) is 44.2 Å². The lowest BCUT2D eigenvalue weighted by atomic mass is 9.78. The first-order valence-electron chi connectivity index (χ1n) is 7.24. The van der Waals surface area contributed by atoms with Crippen molar-refractivity contribution in [2.45, 2.75) is 39.7 Å². The highest BCUT2D eigenvalue weighted by Crippen LogP contribution is 2.34. The van der Waals surface area contributed by atoms with Gasteiger partial charge in [-0.15, -0.1) is 0 Å². The van der Waals surface area contributed by atoms with Gasteiger partial charge in [-0.3, -0.25) is 4.90 Å². The molecule has 0 amide bonds. The number of thiocarbonyl (C=S) groups is 1. The molecular weight excluding hydrogens is 271 g/mol. The van der Waals surface area contributed by atoms with E-state index in [0.29, 0.717) is 17.5 Å². The molecular formula is C16H23FN2S. The number of halogens is 1. The fourth-order valence-electron chi connectivity index (χ4n) is 2.67. The first-order valence-corrected chi connectivity index (χ1v) is 7.65. The second-order valence-corrected chi connectivity index (χ2v) is 6.55. The Morgan fingerprint density at radius 1 is 1.40 bits per heavy atom. The van der Waals surface area contributed by atoms with Gasteiger partial charge in [-0.25, -0.2) is 4.39 Å². The van der Waals surface area contributed by atoms with E-state index in [1.807, 2.05) is 0 Å². The summed E-state index contributed by atoms with van der Waals surface area (Å²) in [5.41, 5.74) is 7.30. The van der Waals surface area contributed by atoms with Crippen molar-refractivity contribution in [2.24, 2.45) is 11.1 Å². The SMILES string of the molecule is CCC1(C)CCN(Cc2ccc(C(N)=S)cc2F)CC1. The van der Waals surface area contributed by atoms with E-state index >= 15 is 0 Å². The fraction of sp³-hybridized carbons (Fsp3) is 0.562. The Morgan fingerprint density at radius 2 is 2.05 bits per heavy atom. The molecule has 0 saturated carbocycles. The molecule has 20 heavy (non-hydrogen) atoms. The van der Waals surface area contributed by atoms with E-state index in [9.17, 15) is 4.39 Å². The summed E-state index contributed by atoms with van der Waals surface area (Å²) < 4.78 is 14.0. The first kappa shape index (κ1) is 15.4. The topological polar surface area (TPSA) is 29.3 Å². The first-order chi connectivity index (χ1) is 9.43. The standard InChI is InChI=1S/C16H23FN2S/c1-3-16(2)6-8-19(9-7-16)11-13-5-4-12(15(18)20)10-14(13)17/h4-5,10H,3,6-9,11H2,1-2H3,(H2,18,20). The van der Waals surface area contributed by atoms with Crippen LogP contribution in [0.2, 0.25) is 0 Å². The number of nitrogens with zero attached hydrogens (tertiary/aromatic N) is 1. The molecule has 0 aromatic heterocycles. The number of piperidine rings is 1. The maximum atomic E-state index is 14.0. The molecule has 2 nitrogen and oxygen atoms in total. The van der Waals surface area contributed by atoms with Gasteiger partial charge in [0.25, 0.3) is 0 Å². The van der Waals surface area contributed by atoms with Crippen LogP contribution in [0.25, 0.3) is 0 Å². The summed E-state index contributed by atoms with van der Waals surface area (Å²) in [5, 5.41) is 0. The number of likely N-dealkylation sites (tertiary alicyclic amines) is 1. The Labute approximate surface area is 126 Å². The number of hydrogen-bond donors (Lipinski definition) is 1. The average Bonchev–Trinajstić information content (AvgIpc) is 2.43. The highest BCUT2D eigenvalue weighted by atomic mass is 32.1. The normalized spacial score (nSPS) is 18.9. The van der Waals surface area contributed by atoms with Crippen molar-refractivity contribution < 1.29 is 4.39 Å². The van der Waals surface area contributed by atoms with Gasteiger partial charge in [0.2, 0.25) is 0 Å². The van der Waals surface area contributed by atoms with Crippen molar-refractivity contribution in [1.29, 1.82) is 0 Å². The zero-order valence-electron chi connectivity index (χ0n) is 12.3. The van der Waals surface area contributed by atoms with Crippen LogP contribution in [0.15, 0.2) is 18.2 Å². The molecule has 0 unspecified atom stereocenters. The van der Waals surface area contributed by atoms with E-state index in [1.165, 1.54) is 25.3 Å². The number of hydrogen-bond acceptors (Lipinski definition) is 2. The summed E-state index contributed by atoms with van der Waals surface area (Å²) in [6, 6.07) is 5.05. The predicted octanol–water partition coefficient (Wildman–Crippen LogP) is 3.47. The summed E-state index contributed by atoms with van der Waals surface area (Å²) in [6.45, 7) is 7.36. The molecule has 4 heteroatoms. The lowest BCUT2D eigenvalue weighted by molar-refractivity contribution is 0.109. The largest absolute Gasteiger partial charge is 0.389 e. The summed E-state index contributed by atoms with van der Waals surface area (Å²) in [5.74, 6) is -0.209. The summed E-state index contributed by atoms with van der Waals surface area (Å²) >= 11 is 4.87. The van der Waals surface area contributed by atoms with Crippen molar-refractivity contribution in [3.8, 4) is 0 Å². The molecule has 0 spiro atoms. The van der Waals surface area contributed by atoms with Gasteiger partial charge >= 0.3 is 0 Å². The molecule has 0 atom stereocenters. The van der Waals surface area contributed by atoms with Crippen LogP contribution in [0, 0.1) is 11.2 Å². The highest BCUT2D eigenvalue weighted by Gasteiger charge is 2.28. The van der Waals surface area contributed by atoms with E-state index in [4.69, 9.17) is 18.0 Å². The Morgan fingerprint density at radius 3 is 2.55 bits per heavy atom. The van der Waals surface area contributed by atoms with Gasteiger partial charge in [0.05, 0.1) is 0 Å². The lowest BCUT2D eigenvalue weighted by Gasteiger charge is -2.39. The monoisotopic (exact) mass is 294 g/mol. The minimum absolute atomic E-state index is 0.209. The van der Waals surface area contributed by atoms with Crippen LogP contribution in [0.3, 0.4) is 0 Å². The third-order valence-corrected chi connectivity index (χ3v) is 4.88. The Hall–Kier alpha value is -1.00. The van der Waals surface area contributed by atoms with Crippen molar-refractivity contribution in [3.05, 3.63) is 35.1 Å². The zero-order valence-corrected chi connectivity index (χ0v) is 13.1. The zero-order chi connectivity index (χ0) is 14.8. The average molecular weight is 294 g/mol. The second-order valence-electron chi connectivity index (χ2n) is 6.11. The van der Waals surface area contributed by atoms with Gasteiger partial charge in [-0.2, -0.15) is 0 Å². The van der Waals surface area contributed by atoms with Crippen molar-refractivity contribution in [3.63, 3.8) is 0 Å². The molecule has 1 saturated heterocycles. The van der Waals surface area contributed by atoms with Crippen LogP contribution < -0.4 is 5.73 Å². The highest BCUT2D eigenvalue weighted by molar-refractivity contribution is 7.80. The van der Waals surface area contributed by atoms with E-state index in [-0.39, 0.29) is 10.8 Å². The van der Waals surface area contributed by atoms with Gasteiger partial charge in [0, 0.05) is 17.7 Å². The number of benzene rings is 1. The molecule has 1 aromatic carbocycles. The van der Waals surface area contributed by atoms with Crippen LogP contribution in [0.4, 0.5) is 4.39 Å². The minimum Gasteiger partial charge on any atom is -0.389 e. The Kier molecular flexibility index (Phi) is 4.76. The number of nitrogens with two attached hydrogens (primary N) is 1. The molecule has 1 aromatic rings. The van der Waals surface area contributed by atoms with Crippen LogP contribution >= 0.6 is 12.2 Å². The third-order valence-electron chi connectivity index (χ3n) is 4.65. The van der Waals surface area contributed by atoms with Crippen LogP contribution in [-0.2, 0) is 6.54 Å². The van der Waals surface area contributed by atoms with Gasteiger partial charge in [0.15, 0.2) is 0 Å². The molecule has 0 bridgehead atoms. The molecule has 1 aliphatic heterocycles. The molecule has 110 valence electrons. The smallest absolute Gasteiger partial charge is 0.128 e. The summed E-state index contributed by atoms with van der Waals surface area (Å²) in [6.07, 6.45) is 3.60. The van der Waals surface area contributed by atoms with Gasteiger partial charge in [0.1, 0.15) is 10.8 Å². The maximum Gasteiger partial charge on any atom is 0.128 e. The van der Waals surface area contributed by atoms with Gasteiger partial charge in [-0.1, -0.05) is 44.6 Å². The molecule has 2 N–H and O–H groups in total.